The van der Waals surface area contributed by atoms with Gasteiger partial charge in [0.2, 0.25) is 0 Å². The van der Waals surface area contributed by atoms with Crippen LogP contribution < -0.4 is 21.3 Å². The summed E-state index contributed by atoms with van der Waals surface area (Å²) in [7, 11) is 0. The SMILES string of the molecule is C=C(NC1=NCN/C1=C(/C)NCCC1C=CCCC1)NC1C=CC=C(N2CCOCC2)C=C1. The Morgan fingerprint density at radius 1 is 1.27 bits per heavy atom. The topological polar surface area (TPSA) is 73.0 Å². The van der Waals surface area contributed by atoms with E-state index in [0.717, 1.165) is 62.3 Å². The lowest BCUT2D eigenvalue weighted by Gasteiger charge is -2.29. The van der Waals surface area contributed by atoms with Crippen LogP contribution in [0, 0.1) is 5.92 Å². The molecule has 2 atom stereocenters. The highest BCUT2D eigenvalue weighted by atomic mass is 16.5. The Bertz CT molecular complexity index is 875. The van der Waals surface area contributed by atoms with Crippen molar-refractivity contribution >= 4 is 5.84 Å². The summed E-state index contributed by atoms with van der Waals surface area (Å²) in [6.07, 6.45) is 20.4. The second-order valence-corrected chi connectivity index (χ2v) is 8.88. The molecule has 4 N–H and O–H groups in total. The fraction of sp³-hybridized carbons (Fsp3) is 0.500. The molecule has 0 saturated carbocycles. The molecule has 178 valence electrons. The van der Waals surface area contributed by atoms with Crippen LogP contribution in [-0.2, 0) is 4.74 Å². The fourth-order valence-corrected chi connectivity index (χ4v) is 4.53. The number of hydrogen-bond donors (Lipinski definition) is 4. The van der Waals surface area contributed by atoms with Gasteiger partial charge in [0.25, 0.3) is 0 Å². The van der Waals surface area contributed by atoms with Gasteiger partial charge in [-0.15, -0.1) is 0 Å². The van der Waals surface area contributed by atoms with Crippen molar-refractivity contribution in [2.75, 3.05) is 39.5 Å². The maximum absolute atomic E-state index is 5.46. The first-order valence-corrected chi connectivity index (χ1v) is 12.2. The Morgan fingerprint density at radius 2 is 2.15 bits per heavy atom. The van der Waals surface area contributed by atoms with Crippen molar-refractivity contribution in [3.8, 4) is 0 Å². The molecule has 0 aromatic heterocycles. The molecule has 0 aromatic carbocycles. The highest BCUT2D eigenvalue weighted by molar-refractivity contribution is 6.00. The quantitative estimate of drug-likeness (QED) is 0.426. The summed E-state index contributed by atoms with van der Waals surface area (Å²) in [6.45, 7) is 11.3. The monoisotopic (exact) mass is 450 g/mol. The van der Waals surface area contributed by atoms with E-state index in [4.69, 9.17) is 4.74 Å². The molecule has 33 heavy (non-hydrogen) atoms. The van der Waals surface area contributed by atoms with Crippen LogP contribution in [-0.4, -0.2) is 56.3 Å². The van der Waals surface area contributed by atoms with Crippen LogP contribution >= 0.6 is 0 Å². The molecule has 4 aliphatic rings. The molecule has 2 aliphatic carbocycles. The summed E-state index contributed by atoms with van der Waals surface area (Å²) in [6, 6.07) is 0.0601. The van der Waals surface area contributed by atoms with Crippen LogP contribution in [0.2, 0.25) is 0 Å². The van der Waals surface area contributed by atoms with Gasteiger partial charge in [-0.25, -0.2) is 4.99 Å². The Labute approximate surface area is 198 Å². The van der Waals surface area contributed by atoms with Crippen molar-refractivity contribution in [1.82, 2.24) is 26.2 Å². The summed E-state index contributed by atoms with van der Waals surface area (Å²) in [5, 5.41) is 13.7. The van der Waals surface area contributed by atoms with E-state index >= 15 is 0 Å². The number of hydrogen-bond acceptors (Lipinski definition) is 7. The van der Waals surface area contributed by atoms with Crippen LogP contribution in [0.25, 0.3) is 0 Å². The Balaban J connectivity index is 1.25. The van der Waals surface area contributed by atoms with Crippen molar-refractivity contribution < 1.29 is 4.74 Å². The molecule has 0 spiro atoms. The minimum absolute atomic E-state index is 0.0601. The number of amidine groups is 1. The van der Waals surface area contributed by atoms with E-state index in [2.05, 4.69) is 87.2 Å². The predicted octanol–water partition coefficient (Wildman–Crippen LogP) is 2.87. The summed E-state index contributed by atoms with van der Waals surface area (Å²) in [4.78, 5) is 6.94. The van der Waals surface area contributed by atoms with Crippen molar-refractivity contribution in [1.29, 1.82) is 0 Å². The first-order valence-electron chi connectivity index (χ1n) is 12.2. The smallest absolute Gasteiger partial charge is 0.153 e. The third kappa shape index (κ3) is 6.78. The van der Waals surface area contributed by atoms with Gasteiger partial charge in [0.15, 0.2) is 5.84 Å². The summed E-state index contributed by atoms with van der Waals surface area (Å²) in [5.41, 5.74) is 3.35. The van der Waals surface area contributed by atoms with Gasteiger partial charge >= 0.3 is 0 Å². The molecule has 7 nitrogen and oxygen atoms in total. The highest BCUT2D eigenvalue weighted by Crippen LogP contribution is 2.20. The molecule has 4 rings (SSSR count). The van der Waals surface area contributed by atoms with Crippen molar-refractivity contribution in [3.05, 3.63) is 72.0 Å². The molecule has 0 amide bonds. The van der Waals surface area contributed by atoms with Gasteiger partial charge in [-0.3, -0.25) is 0 Å². The Hall–Kier alpha value is -2.93. The van der Waals surface area contributed by atoms with Gasteiger partial charge < -0.3 is 30.9 Å². The lowest BCUT2D eigenvalue weighted by molar-refractivity contribution is 0.0554. The lowest BCUT2D eigenvalue weighted by atomic mass is 9.93. The molecule has 0 bridgehead atoms. The maximum atomic E-state index is 5.46. The van der Waals surface area contributed by atoms with Crippen molar-refractivity contribution in [2.24, 2.45) is 10.9 Å². The number of aliphatic imine (C=N–C) groups is 1. The molecule has 2 heterocycles. The van der Waals surface area contributed by atoms with Gasteiger partial charge in [-0.05, 0) is 50.7 Å². The van der Waals surface area contributed by atoms with E-state index in [9.17, 15) is 0 Å². The number of morpholine rings is 1. The molecule has 7 heteroatoms. The third-order valence-corrected chi connectivity index (χ3v) is 6.41. The standard InChI is InChI=1S/C26H38N6O/c1-20(27-14-13-22-7-4-3-5-8-22)25-26(29-19-28-25)31-21(2)30-23-9-6-10-24(12-11-23)32-15-17-33-18-16-32/h4,6-7,9-12,22-23,27-28,30H,2-3,5,8,13-19H2,1H3,(H,29,31)/b25-20-. The molecule has 1 fully saturated rings. The molecule has 2 unspecified atom stereocenters. The van der Waals surface area contributed by atoms with Crippen LogP contribution in [0.4, 0.5) is 0 Å². The zero-order valence-electron chi connectivity index (χ0n) is 19.8. The molecule has 0 aromatic rings. The number of nitrogens with zero attached hydrogens (tertiary/aromatic N) is 2. The van der Waals surface area contributed by atoms with Gasteiger partial charge in [0.1, 0.15) is 6.67 Å². The van der Waals surface area contributed by atoms with Crippen LogP contribution in [0.3, 0.4) is 0 Å². The zero-order valence-corrected chi connectivity index (χ0v) is 19.8. The van der Waals surface area contributed by atoms with E-state index in [1.54, 1.807) is 0 Å². The number of rotatable bonds is 8. The lowest BCUT2D eigenvalue weighted by Crippen LogP contribution is -2.37. The van der Waals surface area contributed by atoms with Gasteiger partial charge in [0, 0.05) is 31.0 Å². The largest absolute Gasteiger partial charge is 0.387 e. The minimum atomic E-state index is 0.0601. The predicted molar refractivity (Wildman–Crippen MR) is 135 cm³/mol. The third-order valence-electron chi connectivity index (χ3n) is 6.41. The van der Waals surface area contributed by atoms with E-state index < -0.39 is 0 Å². The fourth-order valence-electron chi connectivity index (χ4n) is 4.53. The average Bonchev–Trinajstić information content (AvgIpc) is 3.17. The van der Waals surface area contributed by atoms with E-state index in [-0.39, 0.29) is 6.04 Å². The van der Waals surface area contributed by atoms with Crippen LogP contribution in [0.1, 0.15) is 32.6 Å². The van der Waals surface area contributed by atoms with Crippen LogP contribution in [0.5, 0.6) is 0 Å². The van der Waals surface area contributed by atoms with Gasteiger partial charge in [-0.1, -0.05) is 37.0 Å². The summed E-state index contributed by atoms with van der Waals surface area (Å²) < 4.78 is 5.46. The van der Waals surface area contributed by atoms with Crippen molar-refractivity contribution in [3.63, 3.8) is 0 Å². The van der Waals surface area contributed by atoms with E-state index in [1.165, 1.54) is 25.0 Å². The first-order chi connectivity index (χ1) is 16.2. The number of nitrogens with one attached hydrogen (secondary N) is 4. The number of allylic oxidation sites excluding steroid dienone is 6. The normalized spacial score (nSPS) is 26.2. The second kappa shape index (κ2) is 11.8. The minimum Gasteiger partial charge on any atom is -0.387 e. The molecule has 1 saturated heterocycles. The molecule has 2 aliphatic heterocycles. The average molecular weight is 451 g/mol. The zero-order chi connectivity index (χ0) is 22.9. The maximum Gasteiger partial charge on any atom is 0.153 e. The second-order valence-electron chi connectivity index (χ2n) is 8.88. The van der Waals surface area contributed by atoms with Crippen LogP contribution in [0.15, 0.2) is 77.0 Å². The van der Waals surface area contributed by atoms with Gasteiger partial charge in [0.05, 0.1) is 30.8 Å². The van der Waals surface area contributed by atoms with Crippen molar-refractivity contribution in [2.45, 2.75) is 38.6 Å². The highest BCUT2D eigenvalue weighted by Gasteiger charge is 2.18. The summed E-state index contributed by atoms with van der Waals surface area (Å²) in [5.74, 6) is 2.25. The molecular formula is C26H38N6O. The first kappa shape index (κ1) is 23.2. The van der Waals surface area contributed by atoms with E-state index in [1.807, 2.05) is 0 Å². The van der Waals surface area contributed by atoms with E-state index in [0.29, 0.717) is 12.6 Å². The number of ether oxygens (including phenoxy) is 1. The molecular weight excluding hydrogens is 412 g/mol. The van der Waals surface area contributed by atoms with Gasteiger partial charge in [-0.2, -0.15) is 0 Å². The Morgan fingerprint density at radius 3 is 2.97 bits per heavy atom. The summed E-state index contributed by atoms with van der Waals surface area (Å²) >= 11 is 0. The Kier molecular flexibility index (Phi) is 8.30. The molecule has 0 radical (unpaired) electrons.